The molecule has 0 saturated carbocycles. The number of nitrogens with zero attached hydrogens (tertiary/aromatic N) is 1. The molecule has 2 saturated heterocycles. The van der Waals surface area contributed by atoms with Crippen molar-refractivity contribution in [1.29, 1.82) is 0 Å². The van der Waals surface area contributed by atoms with Crippen molar-refractivity contribution in [3.8, 4) is 0 Å². The maximum atomic E-state index is 12.8. The smallest absolute Gasteiger partial charge is 0.264 e. The molecule has 4 heteroatoms. The Morgan fingerprint density at radius 1 is 1.35 bits per heavy atom. The van der Waals surface area contributed by atoms with Gasteiger partial charge in [-0.05, 0) is 51.2 Å². The molecular weight excluding hydrogens is 268 g/mol. The Hall–Kier alpha value is -0.870. The molecule has 2 bridgehead atoms. The van der Waals surface area contributed by atoms with Gasteiger partial charge in [0.2, 0.25) is 0 Å². The van der Waals surface area contributed by atoms with Crippen molar-refractivity contribution in [3.63, 3.8) is 0 Å². The minimum atomic E-state index is 0.247. The minimum absolute atomic E-state index is 0.247. The third-order valence-electron chi connectivity index (χ3n) is 4.57. The summed E-state index contributed by atoms with van der Waals surface area (Å²) >= 11 is 1.62. The highest BCUT2D eigenvalue weighted by molar-refractivity contribution is 7.13. The molecule has 0 aromatic carbocycles. The van der Waals surface area contributed by atoms with Crippen molar-refractivity contribution in [1.82, 2.24) is 10.2 Å². The maximum Gasteiger partial charge on any atom is 0.264 e. The topological polar surface area (TPSA) is 32.3 Å². The van der Waals surface area contributed by atoms with Gasteiger partial charge in [0.15, 0.2) is 0 Å². The third-order valence-corrected chi connectivity index (χ3v) is 5.55. The SMILES string of the molecule is CCCN(C(=O)c1ccc(C)s1)C1CC2CCC(C1)N2. The predicted octanol–water partition coefficient (Wildman–Crippen LogP) is 3.19. The number of thiophene rings is 1. The Balaban J connectivity index is 1.76. The van der Waals surface area contributed by atoms with Gasteiger partial charge in [-0.2, -0.15) is 0 Å². The number of amides is 1. The highest BCUT2D eigenvalue weighted by Gasteiger charge is 2.37. The second-order valence-electron chi connectivity index (χ2n) is 6.17. The largest absolute Gasteiger partial charge is 0.335 e. The number of piperidine rings is 1. The van der Waals surface area contributed by atoms with Gasteiger partial charge in [-0.15, -0.1) is 11.3 Å². The summed E-state index contributed by atoms with van der Waals surface area (Å²) in [4.78, 5) is 17.1. The number of rotatable bonds is 4. The van der Waals surface area contributed by atoms with E-state index < -0.39 is 0 Å². The lowest BCUT2D eigenvalue weighted by Crippen LogP contribution is -2.50. The molecule has 2 atom stereocenters. The lowest BCUT2D eigenvalue weighted by molar-refractivity contribution is 0.0622. The average Bonchev–Trinajstić information content (AvgIpc) is 3.01. The van der Waals surface area contributed by atoms with Crippen LogP contribution < -0.4 is 5.32 Å². The lowest BCUT2D eigenvalue weighted by Gasteiger charge is -2.37. The van der Waals surface area contributed by atoms with E-state index in [1.54, 1.807) is 11.3 Å². The summed E-state index contributed by atoms with van der Waals surface area (Å²) in [6.07, 6.45) is 5.87. The molecule has 2 unspecified atom stereocenters. The number of hydrogen-bond donors (Lipinski definition) is 1. The highest BCUT2D eigenvalue weighted by Crippen LogP contribution is 2.31. The number of aryl methyl sites for hydroxylation is 1. The molecular formula is C16H24N2OS. The van der Waals surface area contributed by atoms with Crippen molar-refractivity contribution >= 4 is 17.2 Å². The predicted molar refractivity (Wildman–Crippen MR) is 83.4 cm³/mol. The van der Waals surface area contributed by atoms with Crippen LogP contribution in [0.25, 0.3) is 0 Å². The summed E-state index contributed by atoms with van der Waals surface area (Å²) in [5.74, 6) is 0.247. The van der Waals surface area contributed by atoms with Crippen LogP contribution in [0.2, 0.25) is 0 Å². The molecule has 2 aliphatic heterocycles. The maximum absolute atomic E-state index is 12.8. The molecule has 1 amide bonds. The fraction of sp³-hybridized carbons (Fsp3) is 0.688. The fourth-order valence-corrected chi connectivity index (χ4v) is 4.49. The molecule has 0 aliphatic carbocycles. The number of nitrogens with one attached hydrogen (secondary N) is 1. The van der Waals surface area contributed by atoms with Gasteiger partial charge in [-0.1, -0.05) is 6.92 Å². The van der Waals surface area contributed by atoms with E-state index in [1.165, 1.54) is 17.7 Å². The van der Waals surface area contributed by atoms with Crippen LogP contribution in [0.3, 0.4) is 0 Å². The summed E-state index contributed by atoms with van der Waals surface area (Å²) in [6.45, 7) is 5.12. The quantitative estimate of drug-likeness (QED) is 0.924. The lowest BCUT2D eigenvalue weighted by atomic mass is 9.97. The van der Waals surface area contributed by atoms with Gasteiger partial charge in [0.25, 0.3) is 5.91 Å². The monoisotopic (exact) mass is 292 g/mol. The Morgan fingerprint density at radius 3 is 2.60 bits per heavy atom. The Labute approximate surface area is 125 Å². The van der Waals surface area contributed by atoms with E-state index >= 15 is 0 Å². The fourth-order valence-electron chi connectivity index (χ4n) is 3.66. The zero-order valence-corrected chi connectivity index (χ0v) is 13.2. The van der Waals surface area contributed by atoms with Crippen LogP contribution in [0.5, 0.6) is 0 Å². The third kappa shape index (κ3) is 2.77. The van der Waals surface area contributed by atoms with Crippen LogP contribution in [-0.2, 0) is 0 Å². The molecule has 2 fully saturated rings. The molecule has 0 spiro atoms. The molecule has 3 rings (SSSR count). The molecule has 1 aromatic heterocycles. The first-order valence-corrected chi connectivity index (χ1v) is 8.62. The number of carbonyl (C=O) groups is 1. The van der Waals surface area contributed by atoms with Crippen molar-refractivity contribution < 1.29 is 4.79 Å². The second-order valence-corrected chi connectivity index (χ2v) is 7.46. The standard InChI is InChI=1S/C16H24N2OS/c1-3-8-18(16(19)15-7-4-11(2)20-15)14-9-12-5-6-13(10-14)17-12/h4,7,12-14,17H,3,5-6,8-10H2,1-2H3. The average molecular weight is 292 g/mol. The van der Waals surface area contributed by atoms with E-state index in [9.17, 15) is 4.79 Å². The van der Waals surface area contributed by atoms with E-state index in [2.05, 4.69) is 24.1 Å². The summed E-state index contributed by atoms with van der Waals surface area (Å²) in [7, 11) is 0. The molecule has 2 aliphatic rings. The zero-order valence-electron chi connectivity index (χ0n) is 12.4. The van der Waals surface area contributed by atoms with Gasteiger partial charge >= 0.3 is 0 Å². The van der Waals surface area contributed by atoms with Crippen LogP contribution in [0, 0.1) is 6.92 Å². The summed E-state index contributed by atoms with van der Waals surface area (Å²) < 4.78 is 0. The minimum Gasteiger partial charge on any atom is -0.335 e. The van der Waals surface area contributed by atoms with Crippen LogP contribution in [0.4, 0.5) is 0 Å². The first-order chi connectivity index (χ1) is 9.67. The number of fused-ring (bicyclic) bond motifs is 2. The molecule has 110 valence electrons. The van der Waals surface area contributed by atoms with Crippen LogP contribution in [0.1, 0.15) is 53.6 Å². The highest BCUT2D eigenvalue weighted by atomic mass is 32.1. The van der Waals surface area contributed by atoms with Gasteiger partial charge in [0.05, 0.1) is 4.88 Å². The Morgan fingerprint density at radius 2 is 2.05 bits per heavy atom. The van der Waals surface area contributed by atoms with Gasteiger partial charge in [0, 0.05) is 29.5 Å². The van der Waals surface area contributed by atoms with E-state index in [1.807, 2.05) is 12.1 Å². The second kappa shape index (κ2) is 5.86. The molecule has 1 N–H and O–H groups in total. The van der Waals surface area contributed by atoms with Gasteiger partial charge < -0.3 is 10.2 Å². The van der Waals surface area contributed by atoms with Gasteiger partial charge in [0.1, 0.15) is 0 Å². The first-order valence-electron chi connectivity index (χ1n) is 7.81. The Bertz CT molecular complexity index is 473. The van der Waals surface area contributed by atoms with Crippen LogP contribution in [-0.4, -0.2) is 35.5 Å². The Kier molecular flexibility index (Phi) is 4.13. The summed E-state index contributed by atoms with van der Waals surface area (Å²) in [5, 5.41) is 3.66. The van der Waals surface area contributed by atoms with E-state index in [-0.39, 0.29) is 5.91 Å². The van der Waals surface area contributed by atoms with Crippen LogP contribution >= 0.6 is 11.3 Å². The van der Waals surface area contributed by atoms with Gasteiger partial charge in [-0.25, -0.2) is 0 Å². The van der Waals surface area contributed by atoms with E-state index in [0.717, 1.165) is 30.7 Å². The molecule has 0 radical (unpaired) electrons. The summed E-state index contributed by atoms with van der Waals surface area (Å²) in [6, 6.07) is 5.74. The number of hydrogen-bond acceptors (Lipinski definition) is 3. The molecule has 3 nitrogen and oxygen atoms in total. The van der Waals surface area contributed by atoms with Crippen LogP contribution in [0.15, 0.2) is 12.1 Å². The molecule has 20 heavy (non-hydrogen) atoms. The summed E-state index contributed by atoms with van der Waals surface area (Å²) in [5.41, 5.74) is 0. The van der Waals surface area contributed by atoms with Crippen molar-refractivity contribution in [2.75, 3.05) is 6.54 Å². The first kappa shape index (κ1) is 14.1. The van der Waals surface area contributed by atoms with E-state index in [4.69, 9.17) is 0 Å². The van der Waals surface area contributed by atoms with Crippen molar-refractivity contribution in [3.05, 3.63) is 21.9 Å². The van der Waals surface area contributed by atoms with E-state index in [0.29, 0.717) is 18.1 Å². The van der Waals surface area contributed by atoms with Gasteiger partial charge in [-0.3, -0.25) is 4.79 Å². The zero-order chi connectivity index (χ0) is 14.1. The number of carbonyl (C=O) groups excluding carboxylic acids is 1. The molecule has 1 aromatic rings. The van der Waals surface area contributed by atoms with Crippen molar-refractivity contribution in [2.24, 2.45) is 0 Å². The molecule has 3 heterocycles. The normalized spacial score (nSPS) is 28.6. The van der Waals surface area contributed by atoms with Crippen molar-refractivity contribution in [2.45, 2.75) is 64.1 Å².